The van der Waals surface area contributed by atoms with Gasteiger partial charge in [0, 0.05) is 17.8 Å². The summed E-state index contributed by atoms with van der Waals surface area (Å²) in [7, 11) is 1.50. The van der Waals surface area contributed by atoms with Crippen LogP contribution in [0.25, 0.3) is 0 Å². The van der Waals surface area contributed by atoms with Crippen molar-refractivity contribution in [2.75, 3.05) is 17.7 Å². The highest BCUT2D eigenvalue weighted by Gasteiger charge is 2.16. The van der Waals surface area contributed by atoms with Gasteiger partial charge in [0.25, 0.3) is 5.91 Å². The zero-order chi connectivity index (χ0) is 20.3. The van der Waals surface area contributed by atoms with Crippen LogP contribution >= 0.6 is 0 Å². The molecule has 144 valence electrons. The summed E-state index contributed by atoms with van der Waals surface area (Å²) in [4.78, 5) is 20.6. The van der Waals surface area contributed by atoms with Gasteiger partial charge in [0.2, 0.25) is 0 Å². The zero-order valence-electron chi connectivity index (χ0n) is 14.9. The van der Waals surface area contributed by atoms with Crippen LogP contribution < -0.4 is 15.4 Å². The molecule has 0 atom stereocenters. The van der Waals surface area contributed by atoms with Gasteiger partial charge in [-0.05, 0) is 31.2 Å². The molecule has 0 radical (unpaired) electrons. The highest BCUT2D eigenvalue weighted by molar-refractivity contribution is 6.03. The molecule has 6 nitrogen and oxygen atoms in total. The molecule has 0 bridgehead atoms. The predicted molar refractivity (Wildman–Crippen MR) is 97.3 cm³/mol. The quantitative estimate of drug-likeness (QED) is 0.641. The summed E-state index contributed by atoms with van der Waals surface area (Å²) in [6.45, 7) is 1.54. The molecule has 9 heteroatoms. The maximum atomic E-state index is 13.9. The number of nitrogens with zero attached hydrogens (tertiary/aromatic N) is 2. The number of hydrogen-bond acceptors (Lipinski definition) is 5. The fraction of sp³-hybridized carbons (Fsp3) is 0.105. The van der Waals surface area contributed by atoms with E-state index in [0.29, 0.717) is 11.4 Å². The SMILES string of the molecule is COc1cccc(NC(=O)c2cc(Nc3ccc(F)c(F)c3F)nc(C)n2)c1. The van der Waals surface area contributed by atoms with Gasteiger partial charge in [-0.15, -0.1) is 0 Å². The van der Waals surface area contributed by atoms with E-state index in [1.807, 2.05) is 0 Å². The molecule has 0 aliphatic rings. The first-order chi connectivity index (χ1) is 13.4. The number of aromatic nitrogens is 2. The Hall–Kier alpha value is -3.62. The van der Waals surface area contributed by atoms with Crippen molar-refractivity contribution in [1.29, 1.82) is 0 Å². The maximum Gasteiger partial charge on any atom is 0.274 e. The van der Waals surface area contributed by atoms with Gasteiger partial charge in [0.15, 0.2) is 17.5 Å². The van der Waals surface area contributed by atoms with E-state index < -0.39 is 23.4 Å². The Morgan fingerprint density at radius 3 is 2.57 bits per heavy atom. The second kappa shape index (κ2) is 7.95. The number of aryl methyl sites for hydroxylation is 1. The van der Waals surface area contributed by atoms with Crippen molar-refractivity contribution < 1.29 is 22.7 Å². The largest absolute Gasteiger partial charge is 0.497 e. The number of nitrogens with one attached hydrogen (secondary N) is 2. The molecule has 0 saturated heterocycles. The summed E-state index contributed by atoms with van der Waals surface area (Å²) >= 11 is 0. The first-order valence-electron chi connectivity index (χ1n) is 8.09. The lowest BCUT2D eigenvalue weighted by Crippen LogP contribution is -2.15. The third-order valence-electron chi connectivity index (χ3n) is 3.70. The van der Waals surface area contributed by atoms with Gasteiger partial charge in [0.1, 0.15) is 23.1 Å². The third-order valence-corrected chi connectivity index (χ3v) is 3.70. The normalized spacial score (nSPS) is 10.5. The van der Waals surface area contributed by atoms with Crippen molar-refractivity contribution in [3.05, 3.63) is 71.4 Å². The van der Waals surface area contributed by atoms with Gasteiger partial charge in [0.05, 0.1) is 12.8 Å². The summed E-state index contributed by atoms with van der Waals surface area (Å²) in [6, 6.07) is 9.81. The Morgan fingerprint density at radius 2 is 1.82 bits per heavy atom. The molecule has 0 fully saturated rings. The summed E-state index contributed by atoms with van der Waals surface area (Å²) < 4.78 is 45.4. The van der Waals surface area contributed by atoms with Crippen LogP contribution in [-0.2, 0) is 0 Å². The summed E-state index contributed by atoms with van der Waals surface area (Å²) in [5.41, 5.74) is 0.166. The number of benzene rings is 2. The Kier molecular flexibility index (Phi) is 5.44. The Morgan fingerprint density at radius 1 is 1.04 bits per heavy atom. The number of ether oxygens (including phenoxy) is 1. The predicted octanol–water partition coefficient (Wildman–Crippen LogP) is 4.21. The van der Waals surface area contributed by atoms with Crippen LogP contribution in [0.3, 0.4) is 0 Å². The van der Waals surface area contributed by atoms with Gasteiger partial charge in [-0.3, -0.25) is 4.79 Å². The van der Waals surface area contributed by atoms with Crippen molar-refractivity contribution in [2.24, 2.45) is 0 Å². The highest BCUT2D eigenvalue weighted by atomic mass is 19.2. The molecule has 0 unspecified atom stereocenters. The van der Waals surface area contributed by atoms with Gasteiger partial charge in [-0.1, -0.05) is 6.07 Å². The van der Waals surface area contributed by atoms with Gasteiger partial charge in [-0.2, -0.15) is 0 Å². The molecule has 0 saturated carbocycles. The lowest BCUT2D eigenvalue weighted by molar-refractivity contribution is 0.102. The van der Waals surface area contributed by atoms with Crippen LogP contribution in [0.2, 0.25) is 0 Å². The molecule has 0 aliphatic carbocycles. The van der Waals surface area contributed by atoms with Gasteiger partial charge >= 0.3 is 0 Å². The molecular weight excluding hydrogens is 373 g/mol. The number of rotatable bonds is 5. The summed E-state index contributed by atoms with van der Waals surface area (Å²) in [5, 5.41) is 5.18. The van der Waals surface area contributed by atoms with Gasteiger partial charge < -0.3 is 15.4 Å². The Balaban J connectivity index is 1.85. The van der Waals surface area contributed by atoms with E-state index in [1.165, 1.54) is 20.1 Å². The monoisotopic (exact) mass is 388 g/mol. The summed E-state index contributed by atoms with van der Waals surface area (Å²) in [6.07, 6.45) is 0. The van der Waals surface area contributed by atoms with Crippen molar-refractivity contribution in [3.63, 3.8) is 0 Å². The molecular formula is C19H15F3N4O2. The first-order valence-corrected chi connectivity index (χ1v) is 8.09. The highest BCUT2D eigenvalue weighted by Crippen LogP contribution is 2.23. The Labute approximate surface area is 158 Å². The molecule has 3 rings (SSSR count). The van der Waals surface area contributed by atoms with Crippen LogP contribution in [0.4, 0.5) is 30.4 Å². The molecule has 1 aromatic heterocycles. The number of carbonyl (C=O) groups is 1. The van der Waals surface area contributed by atoms with E-state index in [9.17, 15) is 18.0 Å². The smallest absolute Gasteiger partial charge is 0.274 e. The fourth-order valence-corrected chi connectivity index (χ4v) is 2.40. The van der Waals surface area contributed by atoms with E-state index in [1.54, 1.807) is 24.3 Å². The van der Waals surface area contributed by atoms with E-state index in [2.05, 4.69) is 20.6 Å². The standard InChI is InChI=1S/C19H15F3N4O2/c1-10-23-15(19(27)25-11-4-3-5-12(8-11)28-2)9-16(24-10)26-14-7-6-13(20)17(21)18(14)22/h3-9H,1-2H3,(H,25,27)(H,23,24,26). The second-order valence-electron chi connectivity index (χ2n) is 5.72. The van der Waals surface area contributed by atoms with Crippen molar-refractivity contribution in [2.45, 2.75) is 6.92 Å². The van der Waals surface area contributed by atoms with Crippen molar-refractivity contribution in [1.82, 2.24) is 9.97 Å². The molecule has 0 spiro atoms. The van der Waals surface area contributed by atoms with Crippen molar-refractivity contribution >= 4 is 23.1 Å². The van der Waals surface area contributed by atoms with E-state index in [4.69, 9.17) is 4.74 Å². The maximum absolute atomic E-state index is 13.9. The number of anilines is 3. The minimum absolute atomic E-state index is 0.000752. The fourth-order valence-electron chi connectivity index (χ4n) is 2.40. The van der Waals surface area contributed by atoms with Crippen molar-refractivity contribution in [3.8, 4) is 5.75 Å². The van der Waals surface area contributed by atoms with Crippen LogP contribution in [0.1, 0.15) is 16.3 Å². The second-order valence-corrected chi connectivity index (χ2v) is 5.72. The molecule has 3 aromatic rings. The molecule has 1 heterocycles. The van der Waals surface area contributed by atoms with E-state index in [0.717, 1.165) is 12.1 Å². The molecule has 0 aliphatic heterocycles. The zero-order valence-corrected chi connectivity index (χ0v) is 14.9. The number of hydrogen-bond donors (Lipinski definition) is 2. The molecule has 1 amide bonds. The topological polar surface area (TPSA) is 76.1 Å². The average Bonchev–Trinajstić information content (AvgIpc) is 2.68. The number of halogens is 3. The first kappa shape index (κ1) is 19.2. The van der Waals surface area contributed by atoms with Gasteiger partial charge in [-0.25, -0.2) is 23.1 Å². The van der Waals surface area contributed by atoms with Crippen LogP contribution in [0.15, 0.2) is 42.5 Å². The number of methoxy groups -OCH3 is 1. The van der Waals surface area contributed by atoms with Crippen LogP contribution in [0.5, 0.6) is 5.75 Å². The molecule has 2 aromatic carbocycles. The number of carbonyl (C=O) groups excluding carboxylic acids is 1. The molecule has 2 N–H and O–H groups in total. The van der Waals surface area contributed by atoms with E-state index >= 15 is 0 Å². The molecule has 28 heavy (non-hydrogen) atoms. The van der Waals surface area contributed by atoms with Crippen LogP contribution in [-0.4, -0.2) is 23.0 Å². The minimum atomic E-state index is -1.60. The van der Waals surface area contributed by atoms with Crippen LogP contribution in [0, 0.1) is 24.4 Å². The number of amides is 1. The Bertz CT molecular complexity index is 1040. The summed E-state index contributed by atoms with van der Waals surface area (Å²) in [5.74, 6) is -4.00. The lowest BCUT2D eigenvalue weighted by atomic mass is 10.2. The average molecular weight is 388 g/mol. The van der Waals surface area contributed by atoms with E-state index in [-0.39, 0.29) is 23.0 Å². The lowest BCUT2D eigenvalue weighted by Gasteiger charge is -2.11. The third kappa shape index (κ3) is 4.20. The minimum Gasteiger partial charge on any atom is -0.497 e.